The van der Waals surface area contributed by atoms with E-state index < -0.39 is 0 Å². The van der Waals surface area contributed by atoms with Crippen molar-refractivity contribution >= 4 is 11.9 Å². The van der Waals surface area contributed by atoms with Crippen molar-refractivity contribution in [3.63, 3.8) is 0 Å². The topological polar surface area (TPSA) is 102 Å². The number of nitrogens with zero attached hydrogens (tertiary/aromatic N) is 4. The van der Waals surface area contributed by atoms with Crippen molar-refractivity contribution in [2.45, 2.75) is 25.9 Å². The molecular formula is C22H25N5O4. The smallest absolute Gasteiger partial charge is 0.337 e. The van der Waals surface area contributed by atoms with E-state index in [2.05, 4.69) is 25.0 Å². The molecule has 1 aliphatic rings. The van der Waals surface area contributed by atoms with Gasteiger partial charge in [-0.25, -0.2) is 4.79 Å². The SMILES string of the molecule is COC(=O)c1ccc(CN2CCc3nnc(CCNC(=O)c4ccco4)n3CC2)cc1. The van der Waals surface area contributed by atoms with E-state index in [1.165, 1.54) is 13.4 Å². The number of hydrogen-bond acceptors (Lipinski definition) is 7. The van der Waals surface area contributed by atoms with Gasteiger partial charge in [0.25, 0.3) is 5.91 Å². The van der Waals surface area contributed by atoms with Crippen molar-refractivity contribution in [2.75, 3.05) is 26.7 Å². The van der Waals surface area contributed by atoms with Crippen molar-refractivity contribution in [1.82, 2.24) is 25.0 Å². The Kier molecular flexibility index (Phi) is 6.42. The second kappa shape index (κ2) is 9.57. The van der Waals surface area contributed by atoms with Crippen molar-refractivity contribution in [3.8, 4) is 0 Å². The zero-order valence-corrected chi connectivity index (χ0v) is 17.4. The minimum Gasteiger partial charge on any atom is -0.465 e. The highest BCUT2D eigenvalue weighted by atomic mass is 16.5. The molecule has 0 aliphatic carbocycles. The molecular weight excluding hydrogens is 398 g/mol. The first-order valence-corrected chi connectivity index (χ1v) is 10.3. The number of furan rings is 1. The molecule has 1 aromatic carbocycles. The van der Waals surface area contributed by atoms with E-state index in [9.17, 15) is 9.59 Å². The zero-order valence-electron chi connectivity index (χ0n) is 17.4. The zero-order chi connectivity index (χ0) is 21.6. The molecule has 9 heteroatoms. The molecule has 1 N–H and O–H groups in total. The molecule has 2 aromatic heterocycles. The molecule has 9 nitrogen and oxygen atoms in total. The lowest BCUT2D eigenvalue weighted by Crippen LogP contribution is -2.28. The molecule has 0 fully saturated rings. The summed E-state index contributed by atoms with van der Waals surface area (Å²) in [5.41, 5.74) is 1.70. The number of amides is 1. The van der Waals surface area contributed by atoms with Crippen LogP contribution in [0.1, 0.15) is 38.1 Å². The minimum absolute atomic E-state index is 0.231. The quantitative estimate of drug-likeness (QED) is 0.577. The van der Waals surface area contributed by atoms with Gasteiger partial charge in [-0.05, 0) is 29.8 Å². The lowest BCUT2D eigenvalue weighted by atomic mass is 10.1. The lowest BCUT2D eigenvalue weighted by Gasteiger charge is -2.19. The maximum atomic E-state index is 12.0. The van der Waals surface area contributed by atoms with E-state index in [0.717, 1.165) is 49.8 Å². The Morgan fingerprint density at radius 3 is 2.71 bits per heavy atom. The van der Waals surface area contributed by atoms with E-state index in [-0.39, 0.29) is 11.9 Å². The minimum atomic E-state index is -0.327. The molecule has 3 heterocycles. The maximum Gasteiger partial charge on any atom is 0.337 e. The summed E-state index contributed by atoms with van der Waals surface area (Å²) < 4.78 is 12.0. The molecule has 0 saturated heterocycles. The largest absolute Gasteiger partial charge is 0.465 e. The van der Waals surface area contributed by atoms with Crippen LogP contribution in [-0.4, -0.2) is 58.3 Å². The number of benzene rings is 1. The van der Waals surface area contributed by atoms with Gasteiger partial charge in [0.05, 0.1) is 18.9 Å². The summed E-state index contributed by atoms with van der Waals surface area (Å²) in [6, 6.07) is 10.8. The first-order chi connectivity index (χ1) is 15.1. The van der Waals surface area contributed by atoms with Crippen LogP contribution >= 0.6 is 0 Å². The van der Waals surface area contributed by atoms with Gasteiger partial charge >= 0.3 is 5.97 Å². The molecule has 0 saturated carbocycles. The molecule has 31 heavy (non-hydrogen) atoms. The van der Waals surface area contributed by atoms with Crippen LogP contribution in [0.25, 0.3) is 0 Å². The molecule has 0 atom stereocenters. The fraction of sp³-hybridized carbons (Fsp3) is 0.364. The summed E-state index contributed by atoms with van der Waals surface area (Å²) in [7, 11) is 1.38. The van der Waals surface area contributed by atoms with Gasteiger partial charge in [0, 0.05) is 45.6 Å². The van der Waals surface area contributed by atoms with Crippen molar-refractivity contribution in [2.24, 2.45) is 0 Å². The molecule has 3 aromatic rings. The Labute approximate surface area is 180 Å². The standard InChI is InChI=1S/C22H25N5O4/c1-30-22(29)17-6-4-16(5-7-17)15-26-11-9-20-25-24-19(27(20)13-12-26)8-10-23-21(28)18-3-2-14-31-18/h2-7,14H,8-13,15H2,1H3,(H,23,28). The molecule has 0 bridgehead atoms. The summed E-state index contributed by atoms with van der Waals surface area (Å²) >= 11 is 0. The van der Waals surface area contributed by atoms with Crippen molar-refractivity contribution in [1.29, 1.82) is 0 Å². The number of carbonyl (C=O) groups excluding carboxylic acids is 2. The average Bonchev–Trinajstić information content (AvgIpc) is 3.42. The van der Waals surface area contributed by atoms with Crippen LogP contribution in [-0.2, 0) is 30.7 Å². The first-order valence-electron chi connectivity index (χ1n) is 10.3. The van der Waals surface area contributed by atoms with Crippen LogP contribution in [0.3, 0.4) is 0 Å². The maximum absolute atomic E-state index is 12.0. The predicted octanol–water partition coefficient (Wildman–Crippen LogP) is 1.69. The highest BCUT2D eigenvalue weighted by Crippen LogP contribution is 2.14. The fourth-order valence-corrected chi connectivity index (χ4v) is 3.67. The third kappa shape index (κ3) is 5.00. The predicted molar refractivity (Wildman–Crippen MR) is 112 cm³/mol. The number of methoxy groups -OCH3 is 1. The summed E-state index contributed by atoms with van der Waals surface area (Å²) in [5, 5.41) is 11.5. The van der Waals surface area contributed by atoms with Crippen LogP contribution in [0.4, 0.5) is 0 Å². The average molecular weight is 423 g/mol. The number of esters is 1. The molecule has 0 spiro atoms. The third-order valence-electron chi connectivity index (χ3n) is 5.36. The summed E-state index contributed by atoms with van der Waals surface area (Å²) in [4.78, 5) is 25.9. The Morgan fingerprint density at radius 2 is 1.97 bits per heavy atom. The molecule has 1 aliphatic heterocycles. The second-order valence-corrected chi connectivity index (χ2v) is 7.38. The normalized spacial score (nSPS) is 14.0. The Hall–Kier alpha value is -3.46. The van der Waals surface area contributed by atoms with Crippen LogP contribution in [0.15, 0.2) is 47.1 Å². The van der Waals surface area contributed by atoms with Crippen LogP contribution in [0, 0.1) is 0 Å². The van der Waals surface area contributed by atoms with E-state index in [1.807, 2.05) is 12.1 Å². The van der Waals surface area contributed by atoms with Crippen LogP contribution < -0.4 is 5.32 Å². The monoisotopic (exact) mass is 423 g/mol. The highest BCUT2D eigenvalue weighted by Gasteiger charge is 2.19. The van der Waals surface area contributed by atoms with E-state index in [0.29, 0.717) is 24.3 Å². The van der Waals surface area contributed by atoms with Gasteiger partial charge in [-0.1, -0.05) is 12.1 Å². The van der Waals surface area contributed by atoms with Crippen LogP contribution in [0.5, 0.6) is 0 Å². The van der Waals surface area contributed by atoms with Gasteiger partial charge in [-0.15, -0.1) is 10.2 Å². The highest BCUT2D eigenvalue weighted by molar-refractivity contribution is 5.91. The molecule has 162 valence electrons. The fourth-order valence-electron chi connectivity index (χ4n) is 3.67. The van der Waals surface area contributed by atoms with Gasteiger partial charge in [-0.3, -0.25) is 9.69 Å². The van der Waals surface area contributed by atoms with Gasteiger partial charge in [-0.2, -0.15) is 0 Å². The Morgan fingerprint density at radius 1 is 1.13 bits per heavy atom. The number of nitrogens with one attached hydrogen (secondary N) is 1. The third-order valence-corrected chi connectivity index (χ3v) is 5.36. The van der Waals surface area contributed by atoms with Gasteiger partial charge in [0.2, 0.25) is 0 Å². The molecule has 1 amide bonds. The summed E-state index contributed by atoms with van der Waals surface area (Å²) in [6.45, 7) is 3.81. The molecule has 0 radical (unpaired) electrons. The van der Waals surface area contributed by atoms with Gasteiger partial charge in [0.1, 0.15) is 11.6 Å². The number of hydrogen-bond donors (Lipinski definition) is 1. The molecule has 0 unspecified atom stereocenters. The van der Waals surface area contributed by atoms with E-state index >= 15 is 0 Å². The number of aromatic nitrogens is 3. The number of fused-ring (bicyclic) bond motifs is 1. The first kappa shape index (κ1) is 20.8. The van der Waals surface area contributed by atoms with Gasteiger partial charge in [0.15, 0.2) is 5.76 Å². The molecule has 4 rings (SSSR count). The van der Waals surface area contributed by atoms with Crippen molar-refractivity contribution in [3.05, 3.63) is 71.2 Å². The second-order valence-electron chi connectivity index (χ2n) is 7.38. The number of rotatable bonds is 7. The van der Waals surface area contributed by atoms with Crippen molar-refractivity contribution < 1.29 is 18.7 Å². The summed E-state index contributed by atoms with van der Waals surface area (Å²) in [5.74, 6) is 1.59. The number of ether oxygens (including phenoxy) is 1. The van der Waals surface area contributed by atoms with Gasteiger partial charge < -0.3 is 19.0 Å². The number of carbonyl (C=O) groups is 2. The Balaban J connectivity index is 1.30. The van der Waals surface area contributed by atoms with Crippen LogP contribution in [0.2, 0.25) is 0 Å². The Bertz CT molecular complexity index is 1030. The van der Waals surface area contributed by atoms with E-state index in [4.69, 9.17) is 9.15 Å². The van der Waals surface area contributed by atoms with E-state index in [1.54, 1.807) is 24.3 Å². The lowest BCUT2D eigenvalue weighted by molar-refractivity contribution is 0.0600. The summed E-state index contributed by atoms with van der Waals surface area (Å²) in [6.07, 6.45) is 2.90.